The van der Waals surface area contributed by atoms with Crippen molar-refractivity contribution in [2.24, 2.45) is 5.73 Å². The van der Waals surface area contributed by atoms with Crippen LogP contribution < -0.4 is 10.5 Å². The number of H-pyrrole nitrogens is 1. The van der Waals surface area contributed by atoms with E-state index in [1.165, 1.54) is 0 Å². The molecule has 1 aliphatic rings. The number of fused-ring (bicyclic) bond motifs is 2. The number of aromatic nitrogens is 4. The molecule has 0 spiro atoms. The van der Waals surface area contributed by atoms with Crippen molar-refractivity contribution in [1.29, 1.82) is 0 Å². The first-order chi connectivity index (χ1) is 14.7. The van der Waals surface area contributed by atoms with Crippen LogP contribution in [0, 0.1) is 0 Å². The minimum Gasteiger partial charge on any atom is -0.488 e. The summed E-state index contributed by atoms with van der Waals surface area (Å²) < 4.78 is 6.27. The number of aromatic amines is 1. The van der Waals surface area contributed by atoms with Crippen LogP contribution in [0.3, 0.4) is 0 Å². The fourth-order valence-electron chi connectivity index (χ4n) is 4.22. The Morgan fingerprint density at radius 3 is 2.80 bits per heavy atom. The van der Waals surface area contributed by atoms with Crippen LogP contribution >= 0.6 is 0 Å². The lowest BCUT2D eigenvalue weighted by molar-refractivity contribution is 0.0672. The Bertz CT molecular complexity index is 1180. The number of benzene rings is 2. The Labute approximate surface area is 174 Å². The second-order valence-electron chi connectivity index (χ2n) is 7.96. The molecule has 0 unspecified atom stereocenters. The van der Waals surface area contributed by atoms with Crippen LogP contribution in [0.15, 0.2) is 42.9 Å². The minimum absolute atomic E-state index is 0.118. The number of hydrogen-bond acceptors (Lipinski definition) is 6. The van der Waals surface area contributed by atoms with E-state index in [0.29, 0.717) is 13.0 Å². The average Bonchev–Trinajstić information content (AvgIpc) is 3.24. The highest BCUT2D eigenvalue weighted by molar-refractivity contribution is 5.84. The Morgan fingerprint density at radius 1 is 1.10 bits per heavy atom. The highest BCUT2D eigenvalue weighted by Gasteiger charge is 2.21. The van der Waals surface area contributed by atoms with Gasteiger partial charge in [0.05, 0.1) is 29.6 Å². The molecule has 0 atom stereocenters. The van der Waals surface area contributed by atoms with Crippen LogP contribution in [-0.2, 0) is 13.0 Å². The van der Waals surface area contributed by atoms with Crippen molar-refractivity contribution in [3.05, 3.63) is 59.8 Å². The SMILES string of the molecule is NCc1cc(Cc2ncc3cccc(OC4CCC(O)CC4)c3n2)cc2[nH]cnc12. The molecule has 0 aliphatic heterocycles. The Kier molecular flexibility index (Phi) is 5.06. The number of rotatable bonds is 5. The summed E-state index contributed by atoms with van der Waals surface area (Å²) in [6, 6.07) is 10.1. The molecule has 0 radical (unpaired) electrons. The number of hydrogen-bond donors (Lipinski definition) is 3. The minimum atomic E-state index is -0.197. The summed E-state index contributed by atoms with van der Waals surface area (Å²) in [4.78, 5) is 16.9. The molecule has 0 bridgehead atoms. The number of aliphatic hydroxyl groups excluding tert-OH is 1. The van der Waals surface area contributed by atoms with E-state index in [0.717, 1.165) is 70.3 Å². The number of nitrogens with zero attached hydrogens (tertiary/aromatic N) is 3. The smallest absolute Gasteiger partial charge is 0.146 e. The highest BCUT2D eigenvalue weighted by Crippen LogP contribution is 2.29. The molecule has 1 saturated carbocycles. The average molecular weight is 403 g/mol. The molecule has 154 valence electrons. The summed E-state index contributed by atoms with van der Waals surface area (Å²) in [5.41, 5.74) is 10.7. The van der Waals surface area contributed by atoms with Crippen molar-refractivity contribution < 1.29 is 9.84 Å². The number of imidazole rings is 1. The summed E-state index contributed by atoms with van der Waals surface area (Å²) in [5.74, 6) is 1.52. The first-order valence-corrected chi connectivity index (χ1v) is 10.4. The third kappa shape index (κ3) is 3.74. The van der Waals surface area contributed by atoms with Gasteiger partial charge in [-0.3, -0.25) is 0 Å². The molecule has 4 aromatic rings. The van der Waals surface area contributed by atoms with E-state index >= 15 is 0 Å². The maximum absolute atomic E-state index is 9.74. The zero-order chi connectivity index (χ0) is 20.5. The molecule has 2 heterocycles. The molecule has 0 amide bonds. The van der Waals surface area contributed by atoms with Gasteiger partial charge in [0.2, 0.25) is 0 Å². The first-order valence-electron chi connectivity index (χ1n) is 10.4. The highest BCUT2D eigenvalue weighted by atomic mass is 16.5. The summed E-state index contributed by atoms with van der Waals surface area (Å²) in [6.07, 6.45) is 7.36. The predicted molar refractivity (Wildman–Crippen MR) is 115 cm³/mol. The number of nitrogens with one attached hydrogen (secondary N) is 1. The quantitative estimate of drug-likeness (QED) is 0.472. The monoisotopic (exact) mass is 403 g/mol. The molecule has 0 saturated heterocycles. The molecule has 2 aromatic carbocycles. The van der Waals surface area contributed by atoms with Crippen molar-refractivity contribution in [3.8, 4) is 5.75 Å². The molecule has 1 fully saturated rings. The molecule has 7 heteroatoms. The topological polar surface area (TPSA) is 110 Å². The third-order valence-corrected chi connectivity index (χ3v) is 5.81. The maximum Gasteiger partial charge on any atom is 0.146 e. The van der Waals surface area contributed by atoms with Crippen molar-refractivity contribution in [1.82, 2.24) is 19.9 Å². The normalized spacial score (nSPS) is 19.4. The van der Waals surface area contributed by atoms with Crippen molar-refractivity contribution >= 4 is 21.9 Å². The van der Waals surface area contributed by atoms with Gasteiger partial charge in [-0.15, -0.1) is 0 Å². The second-order valence-corrected chi connectivity index (χ2v) is 7.96. The van der Waals surface area contributed by atoms with Gasteiger partial charge in [-0.1, -0.05) is 18.2 Å². The van der Waals surface area contributed by atoms with Gasteiger partial charge in [0, 0.05) is 24.5 Å². The molecule has 5 rings (SSSR count). The van der Waals surface area contributed by atoms with Gasteiger partial charge in [-0.05, 0) is 48.9 Å². The van der Waals surface area contributed by atoms with Crippen LogP contribution in [0.4, 0.5) is 0 Å². The lowest BCUT2D eigenvalue weighted by Crippen LogP contribution is -2.26. The first kappa shape index (κ1) is 19.0. The van der Waals surface area contributed by atoms with Crippen LogP contribution in [0.5, 0.6) is 5.75 Å². The van der Waals surface area contributed by atoms with Crippen molar-refractivity contribution in [2.45, 2.75) is 50.9 Å². The molecular weight excluding hydrogens is 378 g/mol. The second kappa shape index (κ2) is 8.01. The van der Waals surface area contributed by atoms with Crippen molar-refractivity contribution in [2.75, 3.05) is 0 Å². The van der Waals surface area contributed by atoms with Gasteiger partial charge in [0.1, 0.15) is 17.1 Å². The zero-order valence-electron chi connectivity index (χ0n) is 16.7. The van der Waals surface area contributed by atoms with E-state index in [2.05, 4.69) is 27.1 Å². The van der Waals surface area contributed by atoms with Crippen LogP contribution in [0.25, 0.3) is 21.9 Å². The molecule has 7 nitrogen and oxygen atoms in total. The molecule has 4 N–H and O–H groups in total. The van der Waals surface area contributed by atoms with Crippen LogP contribution in [0.2, 0.25) is 0 Å². The number of nitrogens with two attached hydrogens (primary N) is 1. The van der Waals surface area contributed by atoms with E-state index in [1.54, 1.807) is 6.33 Å². The zero-order valence-corrected chi connectivity index (χ0v) is 16.7. The molecular formula is C23H25N5O2. The predicted octanol–water partition coefficient (Wildman–Crippen LogP) is 3.24. The summed E-state index contributed by atoms with van der Waals surface area (Å²) in [6.45, 7) is 0.432. The maximum atomic E-state index is 9.74. The van der Waals surface area contributed by atoms with Gasteiger partial charge in [-0.25, -0.2) is 15.0 Å². The van der Waals surface area contributed by atoms with Gasteiger partial charge >= 0.3 is 0 Å². The standard InChI is InChI=1S/C23H25N5O2/c24-11-16-8-14(9-19-22(16)27-13-26-19)10-21-25-12-15-2-1-3-20(23(15)28-21)30-18-6-4-17(29)5-7-18/h1-3,8-9,12-13,17-18,29H,4-7,10-11,24H2,(H,26,27). The van der Waals surface area contributed by atoms with Crippen LogP contribution in [0.1, 0.15) is 42.6 Å². The van der Waals surface area contributed by atoms with Gasteiger partial charge in [-0.2, -0.15) is 0 Å². The fourth-order valence-corrected chi connectivity index (χ4v) is 4.22. The fraction of sp³-hybridized carbons (Fsp3) is 0.348. The number of aliphatic hydroxyl groups is 1. The van der Waals surface area contributed by atoms with Gasteiger partial charge < -0.3 is 20.6 Å². The summed E-state index contributed by atoms with van der Waals surface area (Å²) >= 11 is 0. The largest absolute Gasteiger partial charge is 0.488 e. The number of ether oxygens (including phenoxy) is 1. The third-order valence-electron chi connectivity index (χ3n) is 5.81. The Balaban J connectivity index is 1.44. The lowest BCUT2D eigenvalue weighted by Gasteiger charge is -2.26. The van der Waals surface area contributed by atoms with Crippen molar-refractivity contribution in [3.63, 3.8) is 0 Å². The van der Waals surface area contributed by atoms with Gasteiger partial charge in [0.25, 0.3) is 0 Å². The molecule has 2 aromatic heterocycles. The van der Waals surface area contributed by atoms with E-state index in [-0.39, 0.29) is 12.2 Å². The van der Waals surface area contributed by atoms with E-state index in [4.69, 9.17) is 15.5 Å². The summed E-state index contributed by atoms with van der Waals surface area (Å²) in [5, 5.41) is 10.7. The summed E-state index contributed by atoms with van der Waals surface area (Å²) in [7, 11) is 0. The van der Waals surface area contributed by atoms with E-state index in [9.17, 15) is 5.11 Å². The van der Waals surface area contributed by atoms with E-state index < -0.39 is 0 Å². The Morgan fingerprint density at radius 2 is 1.97 bits per heavy atom. The molecule has 1 aliphatic carbocycles. The molecule has 30 heavy (non-hydrogen) atoms. The van der Waals surface area contributed by atoms with Gasteiger partial charge in [0.15, 0.2) is 0 Å². The number of para-hydroxylation sites is 1. The Hall–Kier alpha value is -3.03. The lowest BCUT2D eigenvalue weighted by atomic mass is 9.95. The van der Waals surface area contributed by atoms with Crippen LogP contribution in [-0.4, -0.2) is 37.3 Å². The van der Waals surface area contributed by atoms with E-state index in [1.807, 2.05) is 24.4 Å².